The van der Waals surface area contributed by atoms with Gasteiger partial charge in [-0.05, 0) is 24.3 Å². The molecule has 1 unspecified atom stereocenters. The van der Waals surface area contributed by atoms with Crippen LogP contribution in [-0.4, -0.2) is 35.3 Å². The summed E-state index contributed by atoms with van der Waals surface area (Å²) in [6.07, 6.45) is 3.57. The predicted molar refractivity (Wildman–Crippen MR) is 102 cm³/mol. The van der Waals surface area contributed by atoms with Crippen LogP contribution >= 0.6 is 23.4 Å². The van der Waals surface area contributed by atoms with E-state index in [9.17, 15) is 0 Å². The third-order valence-electron chi connectivity index (χ3n) is 3.21. The number of anilines is 1. The molecule has 0 aliphatic rings. The molecule has 1 atom stereocenters. The van der Waals surface area contributed by atoms with Crippen molar-refractivity contribution in [3.63, 3.8) is 0 Å². The first-order valence-electron chi connectivity index (χ1n) is 7.46. The van der Waals surface area contributed by atoms with Crippen LogP contribution in [0, 0.1) is 11.5 Å². The van der Waals surface area contributed by atoms with Crippen molar-refractivity contribution >= 4 is 35.0 Å². The normalized spacial score (nSPS) is 12.3. The Morgan fingerprint density at radius 1 is 1.44 bits per heavy atom. The number of aliphatic imine (C=N–C) groups is 1. The lowest BCUT2D eigenvalue weighted by atomic mass is 10.1. The van der Waals surface area contributed by atoms with Crippen LogP contribution < -0.4 is 16.4 Å². The Hall–Kier alpha value is -2.50. The summed E-state index contributed by atoms with van der Waals surface area (Å²) in [5.41, 5.74) is 8.22. The van der Waals surface area contributed by atoms with Gasteiger partial charge in [-0.15, -0.1) is 11.8 Å². The second kappa shape index (κ2) is 9.71. The van der Waals surface area contributed by atoms with Crippen LogP contribution in [0.1, 0.15) is 16.6 Å². The van der Waals surface area contributed by atoms with Crippen molar-refractivity contribution < 1.29 is 0 Å². The van der Waals surface area contributed by atoms with Gasteiger partial charge in [0, 0.05) is 25.5 Å². The quantitative estimate of drug-likeness (QED) is 0.177. The first-order valence-corrected chi connectivity index (χ1v) is 8.88. The Morgan fingerprint density at radius 2 is 2.28 bits per heavy atom. The number of nitriles is 1. The summed E-state index contributed by atoms with van der Waals surface area (Å²) in [4.78, 5) is 12.8. The Kier molecular flexibility index (Phi) is 7.32. The van der Waals surface area contributed by atoms with Crippen molar-refractivity contribution in [1.82, 2.24) is 20.6 Å². The molecule has 7 nitrogen and oxygen atoms in total. The maximum atomic E-state index is 8.64. The van der Waals surface area contributed by atoms with Gasteiger partial charge in [0.05, 0.1) is 22.3 Å². The molecular weight excluding hydrogens is 358 g/mol. The second-order valence-corrected chi connectivity index (χ2v) is 6.45. The smallest absolute Gasteiger partial charge is 0.204 e. The lowest BCUT2D eigenvalue weighted by Crippen LogP contribution is -2.35. The summed E-state index contributed by atoms with van der Waals surface area (Å²) in [7, 11) is 1.60. The van der Waals surface area contributed by atoms with E-state index in [-0.39, 0.29) is 5.25 Å². The third kappa shape index (κ3) is 5.52. The summed E-state index contributed by atoms with van der Waals surface area (Å²) in [5, 5.41) is 14.4. The highest BCUT2D eigenvalue weighted by atomic mass is 35.5. The molecule has 0 radical (unpaired) electrons. The van der Waals surface area contributed by atoms with Crippen LogP contribution in [0.4, 0.5) is 5.69 Å². The number of aromatic nitrogens is 2. The van der Waals surface area contributed by atoms with E-state index in [1.807, 2.05) is 24.4 Å². The molecular formula is C16H18ClN7S. The number of hydrogen-bond acceptors (Lipinski definition) is 6. The molecule has 9 heteroatoms. The molecule has 0 bridgehead atoms. The molecule has 0 aromatic carbocycles. The van der Waals surface area contributed by atoms with Gasteiger partial charge in [-0.3, -0.25) is 15.3 Å². The topological polar surface area (TPSA) is 112 Å². The van der Waals surface area contributed by atoms with Gasteiger partial charge in [0.25, 0.3) is 0 Å². The van der Waals surface area contributed by atoms with E-state index in [0.29, 0.717) is 29.0 Å². The average Bonchev–Trinajstić information content (AvgIpc) is 2.64. The summed E-state index contributed by atoms with van der Waals surface area (Å²) in [6.45, 7) is 0.607. The summed E-state index contributed by atoms with van der Waals surface area (Å²) < 4.78 is 0. The van der Waals surface area contributed by atoms with Gasteiger partial charge in [-0.25, -0.2) is 4.98 Å². The maximum Gasteiger partial charge on any atom is 0.204 e. The van der Waals surface area contributed by atoms with Crippen molar-refractivity contribution in [3.05, 3.63) is 53.1 Å². The summed E-state index contributed by atoms with van der Waals surface area (Å²) in [5.74, 6) is 1.15. The minimum atomic E-state index is -0.146. The molecule has 2 aromatic heterocycles. The van der Waals surface area contributed by atoms with Crippen molar-refractivity contribution in [1.29, 1.82) is 5.26 Å². The highest BCUT2D eigenvalue weighted by Gasteiger charge is 2.20. The molecule has 2 aromatic rings. The van der Waals surface area contributed by atoms with Crippen molar-refractivity contribution in [2.24, 2.45) is 4.99 Å². The molecule has 0 amide bonds. The first-order chi connectivity index (χ1) is 12.2. The Balaban J connectivity index is 2.11. The molecule has 0 aliphatic carbocycles. The molecule has 0 saturated heterocycles. The Labute approximate surface area is 155 Å². The number of nitrogens with two attached hydrogens (primary N) is 1. The van der Waals surface area contributed by atoms with Crippen molar-refractivity contribution in [2.75, 3.05) is 25.1 Å². The number of thioether (sulfide) groups is 1. The standard InChI is InChI=1S/C16H18ClN7S/c1-20-16(23-10-18)22-8-9-25-15(12-4-2-3-7-21-12)14-11(19)5-6-13(17)24-14/h2-7,15H,8-9,19H2,1H3,(H2,20,22,23). The number of hydrogen-bond donors (Lipinski definition) is 3. The number of nitrogen functional groups attached to an aromatic ring is 1. The van der Waals surface area contributed by atoms with Crippen LogP contribution in [0.5, 0.6) is 0 Å². The van der Waals surface area contributed by atoms with Gasteiger partial charge in [0.15, 0.2) is 6.19 Å². The van der Waals surface area contributed by atoms with E-state index in [2.05, 4.69) is 25.6 Å². The number of nitrogens with one attached hydrogen (secondary N) is 2. The van der Waals surface area contributed by atoms with Crippen molar-refractivity contribution in [3.8, 4) is 6.19 Å². The van der Waals surface area contributed by atoms with E-state index in [0.717, 1.165) is 11.4 Å². The number of rotatable bonds is 6. The first kappa shape index (κ1) is 18.8. The van der Waals surface area contributed by atoms with Crippen molar-refractivity contribution in [2.45, 2.75) is 5.25 Å². The number of nitrogens with zero attached hydrogens (tertiary/aromatic N) is 4. The monoisotopic (exact) mass is 375 g/mol. The minimum absolute atomic E-state index is 0.146. The molecule has 0 fully saturated rings. The fourth-order valence-corrected chi connectivity index (χ4v) is 3.35. The fourth-order valence-electron chi connectivity index (χ4n) is 2.08. The number of guanidine groups is 1. The zero-order chi connectivity index (χ0) is 18.1. The van der Waals surface area contributed by atoms with Gasteiger partial charge in [-0.2, -0.15) is 5.26 Å². The maximum absolute atomic E-state index is 8.64. The minimum Gasteiger partial charge on any atom is -0.397 e. The number of pyridine rings is 2. The molecule has 2 rings (SSSR count). The highest BCUT2D eigenvalue weighted by Crippen LogP contribution is 2.36. The van der Waals surface area contributed by atoms with Gasteiger partial charge in [0.1, 0.15) is 5.15 Å². The molecule has 0 aliphatic heterocycles. The van der Waals surface area contributed by atoms with E-state index in [1.165, 1.54) is 0 Å². The van der Waals surface area contributed by atoms with Crippen LogP contribution in [0.2, 0.25) is 5.15 Å². The number of halogens is 1. The molecule has 0 saturated carbocycles. The van der Waals surface area contributed by atoms with Crippen LogP contribution in [0.25, 0.3) is 0 Å². The predicted octanol–water partition coefficient (Wildman–Crippen LogP) is 2.18. The molecule has 4 N–H and O–H groups in total. The summed E-state index contributed by atoms with van der Waals surface area (Å²) >= 11 is 7.67. The average molecular weight is 376 g/mol. The lowest BCUT2D eigenvalue weighted by molar-refractivity contribution is 0.924. The largest absolute Gasteiger partial charge is 0.397 e. The molecule has 0 spiro atoms. The van der Waals surface area contributed by atoms with E-state index < -0.39 is 0 Å². The fraction of sp³-hybridized carbons (Fsp3) is 0.250. The van der Waals surface area contributed by atoms with E-state index in [4.69, 9.17) is 22.6 Å². The van der Waals surface area contributed by atoms with E-state index >= 15 is 0 Å². The van der Waals surface area contributed by atoms with E-state index in [1.54, 1.807) is 37.1 Å². The van der Waals surface area contributed by atoms with Gasteiger partial charge >= 0.3 is 0 Å². The lowest BCUT2D eigenvalue weighted by Gasteiger charge is -2.18. The summed E-state index contributed by atoms with van der Waals surface area (Å²) in [6, 6.07) is 9.13. The third-order valence-corrected chi connectivity index (χ3v) is 4.65. The van der Waals surface area contributed by atoms with Gasteiger partial charge in [-0.1, -0.05) is 17.7 Å². The van der Waals surface area contributed by atoms with Gasteiger partial charge in [0.2, 0.25) is 5.96 Å². The second-order valence-electron chi connectivity index (χ2n) is 4.85. The molecule has 2 heterocycles. The Morgan fingerprint density at radius 3 is 2.96 bits per heavy atom. The SMILES string of the molecule is CN=C(NC#N)NCCSC(c1ccccn1)c1nc(Cl)ccc1N. The van der Waals surface area contributed by atoms with Gasteiger partial charge < -0.3 is 11.1 Å². The molecule has 130 valence electrons. The molecule has 25 heavy (non-hydrogen) atoms. The van der Waals surface area contributed by atoms with Crippen LogP contribution in [0.3, 0.4) is 0 Å². The zero-order valence-corrected chi connectivity index (χ0v) is 15.2. The van der Waals surface area contributed by atoms with Crippen LogP contribution in [-0.2, 0) is 0 Å². The highest BCUT2D eigenvalue weighted by molar-refractivity contribution is 7.99. The van der Waals surface area contributed by atoms with Crippen LogP contribution in [0.15, 0.2) is 41.5 Å². The zero-order valence-electron chi connectivity index (χ0n) is 13.6. The Bertz CT molecular complexity index is 761.